The fourth-order valence-electron chi connectivity index (χ4n) is 2.04. The minimum Gasteiger partial charge on any atom is -0.493 e. The molecule has 1 aliphatic heterocycles. The number of nitrogens with zero attached hydrogens (tertiary/aromatic N) is 1. The molecule has 0 saturated carbocycles. The van der Waals surface area contributed by atoms with Gasteiger partial charge in [-0.2, -0.15) is 0 Å². The lowest BCUT2D eigenvalue weighted by atomic mass is 10.1. The van der Waals surface area contributed by atoms with Crippen molar-refractivity contribution in [1.82, 2.24) is 0 Å². The fraction of sp³-hybridized carbons (Fsp3) is 0.500. The van der Waals surface area contributed by atoms with E-state index in [1.807, 2.05) is 19.1 Å². The first-order valence-corrected chi connectivity index (χ1v) is 5.93. The van der Waals surface area contributed by atoms with E-state index < -0.39 is 0 Å². The molecular weight excluding hydrogens is 230 g/mol. The first-order chi connectivity index (χ1) is 8.48. The van der Waals surface area contributed by atoms with Gasteiger partial charge in [-0.15, -0.1) is 0 Å². The Bertz CT molecular complexity index is 492. The smallest absolute Gasteiger partial charge is 0.217 e. The first-order valence-electron chi connectivity index (χ1n) is 5.93. The molecule has 2 rings (SSSR count). The van der Waals surface area contributed by atoms with E-state index in [4.69, 9.17) is 14.2 Å². The van der Waals surface area contributed by atoms with Gasteiger partial charge >= 0.3 is 0 Å². The van der Waals surface area contributed by atoms with Crippen LogP contribution in [0.1, 0.15) is 25.0 Å². The Morgan fingerprint density at radius 1 is 1.22 bits per heavy atom. The molecular formula is C14H19NO3. The Morgan fingerprint density at radius 3 is 2.44 bits per heavy atom. The van der Waals surface area contributed by atoms with Crippen molar-refractivity contribution in [3.63, 3.8) is 0 Å². The standard InChI is InChI=1S/C14H19NO3/c1-9-10(13-15-14(2,3)8-18-13)6-7-11(16-4)12(9)17-5/h6-7H,8H2,1-5H3. The fourth-order valence-corrected chi connectivity index (χ4v) is 2.04. The van der Waals surface area contributed by atoms with Crippen LogP contribution in [-0.2, 0) is 4.74 Å². The van der Waals surface area contributed by atoms with Crippen LogP contribution in [0.2, 0.25) is 0 Å². The highest BCUT2D eigenvalue weighted by atomic mass is 16.5. The van der Waals surface area contributed by atoms with Crippen molar-refractivity contribution in [3.05, 3.63) is 23.3 Å². The quantitative estimate of drug-likeness (QED) is 0.826. The van der Waals surface area contributed by atoms with Crippen LogP contribution in [-0.4, -0.2) is 32.3 Å². The molecule has 18 heavy (non-hydrogen) atoms. The number of aliphatic imine (C=N–C) groups is 1. The van der Waals surface area contributed by atoms with Crippen LogP contribution in [0.5, 0.6) is 11.5 Å². The van der Waals surface area contributed by atoms with E-state index in [1.54, 1.807) is 14.2 Å². The second-order valence-corrected chi connectivity index (χ2v) is 4.99. The Labute approximate surface area is 108 Å². The largest absolute Gasteiger partial charge is 0.493 e. The summed E-state index contributed by atoms with van der Waals surface area (Å²) in [5, 5.41) is 0. The van der Waals surface area contributed by atoms with Crippen molar-refractivity contribution in [2.45, 2.75) is 26.3 Å². The van der Waals surface area contributed by atoms with Gasteiger partial charge in [0.2, 0.25) is 5.90 Å². The zero-order valence-corrected chi connectivity index (χ0v) is 11.5. The maximum atomic E-state index is 5.66. The molecule has 4 heteroatoms. The van der Waals surface area contributed by atoms with Crippen LogP contribution < -0.4 is 9.47 Å². The summed E-state index contributed by atoms with van der Waals surface area (Å²) in [6.45, 7) is 6.69. The minimum atomic E-state index is -0.158. The van der Waals surface area contributed by atoms with Crippen molar-refractivity contribution in [2.75, 3.05) is 20.8 Å². The Hall–Kier alpha value is -1.71. The van der Waals surface area contributed by atoms with E-state index in [2.05, 4.69) is 18.8 Å². The lowest BCUT2D eigenvalue weighted by Gasteiger charge is -2.13. The summed E-state index contributed by atoms with van der Waals surface area (Å²) in [5.74, 6) is 2.13. The van der Waals surface area contributed by atoms with Gasteiger partial charge in [-0.05, 0) is 32.9 Å². The lowest BCUT2D eigenvalue weighted by Crippen LogP contribution is -2.17. The van der Waals surface area contributed by atoms with Crippen LogP contribution in [0.25, 0.3) is 0 Å². The third kappa shape index (κ3) is 2.15. The van der Waals surface area contributed by atoms with Gasteiger partial charge in [0.25, 0.3) is 0 Å². The summed E-state index contributed by atoms with van der Waals surface area (Å²) in [6.07, 6.45) is 0. The topological polar surface area (TPSA) is 40.0 Å². The minimum absolute atomic E-state index is 0.158. The zero-order valence-electron chi connectivity index (χ0n) is 11.5. The van der Waals surface area contributed by atoms with E-state index in [-0.39, 0.29) is 5.54 Å². The van der Waals surface area contributed by atoms with Gasteiger partial charge in [0.05, 0.1) is 19.8 Å². The summed E-state index contributed by atoms with van der Waals surface area (Å²) >= 11 is 0. The zero-order chi connectivity index (χ0) is 13.3. The molecule has 0 atom stereocenters. The maximum absolute atomic E-state index is 5.66. The lowest BCUT2D eigenvalue weighted by molar-refractivity contribution is 0.279. The Kier molecular flexibility index (Phi) is 3.20. The molecule has 0 saturated heterocycles. The Balaban J connectivity index is 2.48. The van der Waals surface area contributed by atoms with Gasteiger partial charge in [0.15, 0.2) is 11.5 Å². The van der Waals surface area contributed by atoms with E-state index >= 15 is 0 Å². The van der Waals surface area contributed by atoms with Crippen LogP contribution in [0, 0.1) is 6.92 Å². The van der Waals surface area contributed by atoms with Crippen molar-refractivity contribution in [2.24, 2.45) is 4.99 Å². The predicted octanol–water partition coefficient (Wildman–Crippen LogP) is 2.57. The number of benzene rings is 1. The molecule has 0 spiro atoms. The molecule has 98 valence electrons. The van der Waals surface area contributed by atoms with Gasteiger partial charge in [-0.25, -0.2) is 4.99 Å². The summed E-state index contributed by atoms with van der Waals surface area (Å²) in [6, 6.07) is 3.83. The number of ether oxygens (including phenoxy) is 3. The van der Waals surface area contributed by atoms with Gasteiger partial charge in [-0.1, -0.05) is 0 Å². The van der Waals surface area contributed by atoms with E-state index in [9.17, 15) is 0 Å². The van der Waals surface area contributed by atoms with E-state index in [0.717, 1.165) is 22.6 Å². The van der Waals surface area contributed by atoms with Gasteiger partial charge < -0.3 is 14.2 Å². The molecule has 1 aromatic carbocycles. The number of hydrogen-bond donors (Lipinski definition) is 0. The number of rotatable bonds is 3. The second-order valence-electron chi connectivity index (χ2n) is 4.99. The van der Waals surface area contributed by atoms with Crippen molar-refractivity contribution in [1.29, 1.82) is 0 Å². The first kappa shape index (κ1) is 12.7. The van der Waals surface area contributed by atoms with E-state index in [1.165, 1.54) is 0 Å². The molecule has 0 fully saturated rings. The summed E-state index contributed by atoms with van der Waals surface area (Å²) in [4.78, 5) is 4.58. The number of methoxy groups -OCH3 is 2. The monoisotopic (exact) mass is 249 g/mol. The molecule has 1 heterocycles. The summed E-state index contributed by atoms with van der Waals surface area (Å²) in [7, 11) is 3.26. The molecule has 0 aromatic heterocycles. The molecule has 0 aliphatic carbocycles. The van der Waals surface area contributed by atoms with E-state index in [0.29, 0.717) is 12.5 Å². The van der Waals surface area contributed by atoms with Crippen LogP contribution >= 0.6 is 0 Å². The SMILES string of the molecule is COc1ccc(C2=NC(C)(C)CO2)c(C)c1OC. The van der Waals surface area contributed by atoms with Crippen molar-refractivity contribution >= 4 is 5.90 Å². The summed E-state index contributed by atoms with van der Waals surface area (Å²) in [5.41, 5.74) is 1.78. The van der Waals surface area contributed by atoms with Crippen molar-refractivity contribution in [3.8, 4) is 11.5 Å². The van der Waals surface area contributed by atoms with Crippen molar-refractivity contribution < 1.29 is 14.2 Å². The highest BCUT2D eigenvalue weighted by Crippen LogP contribution is 2.34. The third-order valence-electron chi connectivity index (χ3n) is 2.99. The van der Waals surface area contributed by atoms with Gasteiger partial charge in [-0.3, -0.25) is 0 Å². The summed E-state index contributed by atoms with van der Waals surface area (Å²) < 4.78 is 16.3. The van der Waals surface area contributed by atoms with Crippen LogP contribution in [0.3, 0.4) is 0 Å². The highest BCUT2D eigenvalue weighted by molar-refractivity contribution is 5.97. The number of hydrogen-bond acceptors (Lipinski definition) is 4. The normalized spacial score (nSPS) is 17.1. The third-order valence-corrected chi connectivity index (χ3v) is 2.99. The average molecular weight is 249 g/mol. The van der Waals surface area contributed by atoms with Crippen LogP contribution in [0.4, 0.5) is 0 Å². The molecule has 1 aliphatic rings. The highest BCUT2D eigenvalue weighted by Gasteiger charge is 2.28. The molecule has 4 nitrogen and oxygen atoms in total. The predicted molar refractivity (Wildman–Crippen MR) is 70.9 cm³/mol. The Morgan fingerprint density at radius 2 is 1.94 bits per heavy atom. The molecule has 0 N–H and O–H groups in total. The molecule has 0 amide bonds. The van der Waals surface area contributed by atoms with Gasteiger partial charge in [0, 0.05) is 11.1 Å². The molecule has 0 radical (unpaired) electrons. The molecule has 0 unspecified atom stereocenters. The van der Waals surface area contributed by atoms with Crippen LogP contribution in [0.15, 0.2) is 17.1 Å². The van der Waals surface area contributed by atoms with Gasteiger partial charge in [0.1, 0.15) is 6.61 Å². The molecule has 1 aromatic rings. The molecule has 0 bridgehead atoms. The second kappa shape index (κ2) is 4.52. The maximum Gasteiger partial charge on any atom is 0.217 e. The average Bonchev–Trinajstić information content (AvgIpc) is 2.68.